The van der Waals surface area contributed by atoms with Crippen molar-refractivity contribution in [1.82, 2.24) is 4.90 Å². The Balaban J connectivity index is 2.47. The highest BCUT2D eigenvalue weighted by Crippen LogP contribution is 2.17. The van der Waals surface area contributed by atoms with Gasteiger partial charge in [-0.15, -0.1) is 0 Å². The molecule has 0 aromatic heterocycles. The summed E-state index contributed by atoms with van der Waals surface area (Å²) in [4.78, 5) is 2.60. The molecule has 1 fully saturated rings. The van der Waals surface area contributed by atoms with Crippen molar-refractivity contribution in [2.75, 3.05) is 25.4 Å². The van der Waals surface area contributed by atoms with Gasteiger partial charge >= 0.3 is 0 Å². The molecule has 0 aliphatic carbocycles. The van der Waals surface area contributed by atoms with Crippen molar-refractivity contribution >= 4 is 12.6 Å². The van der Waals surface area contributed by atoms with Gasteiger partial charge in [-0.3, -0.25) is 4.90 Å². The van der Waals surface area contributed by atoms with Gasteiger partial charge in [0.1, 0.15) is 0 Å². The highest BCUT2D eigenvalue weighted by molar-refractivity contribution is 7.80. The minimum absolute atomic E-state index is 0.394. The molecule has 0 N–H and O–H groups in total. The van der Waals surface area contributed by atoms with Crippen LogP contribution in [-0.2, 0) is 4.74 Å². The van der Waals surface area contributed by atoms with Gasteiger partial charge in [-0.2, -0.15) is 12.6 Å². The first-order valence-electron chi connectivity index (χ1n) is 6.17. The molecular formula is C12H25NOS. The minimum atomic E-state index is 0.394. The molecular weight excluding hydrogens is 206 g/mol. The van der Waals surface area contributed by atoms with Crippen molar-refractivity contribution in [2.45, 2.75) is 45.8 Å². The average Bonchev–Trinajstić information content (AvgIpc) is 2.26. The lowest BCUT2D eigenvalue weighted by Crippen LogP contribution is -2.50. The number of ether oxygens (including phenoxy) is 1. The molecule has 1 heterocycles. The molecule has 0 radical (unpaired) electrons. The summed E-state index contributed by atoms with van der Waals surface area (Å²) in [6, 6.07) is 0.620. The Morgan fingerprint density at radius 1 is 1.47 bits per heavy atom. The van der Waals surface area contributed by atoms with Gasteiger partial charge in [0, 0.05) is 19.1 Å². The molecule has 90 valence electrons. The Labute approximate surface area is 99.8 Å². The van der Waals surface area contributed by atoms with E-state index in [2.05, 4.69) is 38.3 Å². The molecule has 1 rings (SSSR count). The van der Waals surface area contributed by atoms with Gasteiger partial charge in [0.25, 0.3) is 0 Å². The SMILES string of the molecule is CCC(CS)CN1CC(C)OCC1CC. The summed E-state index contributed by atoms with van der Waals surface area (Å²) >= 11 is 4.42. The number of hydrogen-bond acceptors (Lipinski definition) is 3. The monoisotopic (exact) mass is 231 g/mol. The highest BCUT2D eigenvalue weighted by Gasteiger charge is 2.26. The Kier molecular flexibility index (Phi) is 6.02. The van der Waals surface area contributed by atoms with Crippen LogP contribution in [0.3, 0.4) is 0 Å². The summed E-state index contributed by atoms with van der Waals surface area (Å²) in [5.74, 6) is 1.73. The lowest BCUT2D eigenvalue weighted by Gasteiger charge is -2.39. The van der Waals surface area contributed by atoms with Gasteiger partial charge < -0.3 is 4.74 Å². The molecule has 3 unspecified atom stereocenters. The fourth-order valence-electron chi connectivity index (χ4n) is 2.16. The molecule has 0 amide bonds. The largest absolute Gasteiger partial charge is 0.376 e. The maximum absolute atomic E-state index is 5.70. The molecule has 0 aromatic carbocycles. The van der Waals surface area contributed by atoms with Crippen LogP contribution >= 0.6 is 12.6 Å². The number of hydrogen-bond donors (Lipinski definition) is 1. The zero-order valence-electron chi connectivity index (χ0n) is 10.3. The van der Waals surface area contributed by atoms with Crippen LogP contribution in [0.2, 0.25) is 0 Å². The van der Waals surface area contributed by atoms with E-state index in [1.54, 1.807) is 0 Å². The van der Waals surface area contributed by atoms with E-state index in [9.17, 15) is 0 Å². The standard InChI is InChI=1S/C12H25NOS/c1-4-11(9-15)7-13-6-10(3)14-8-12(13)5-2/h10-12,15H,4-9H2,1-3H3. The summed E-state index contributed by atoms with van der Waals surface area (Å²) in [7, 11) is 0. The maximum atomic E-state index is 5.70. The van der Waals surface area contributed by atoms with E-state index < -0.39 is 0 Å². The normalized spacial score (nSPS) is 30.4. The first-order valence-corrected chi connectivity index (χ1v) is 6.80. The zero-order chi connectivity index (χ0) is 11.3. The number of nitrogens with zero attached hydrogens (tertiary/aromatic N) is 1. The zero-order valence-corrected chi connectivity index (χ0v) is 11.2. The second kappa shape index (κ2) is 6.77. The Morgan fingerprint density at radius 2 is 2.20 bits per heavy atom. The Morgan fingerprint density at radius 3 is 2.73 bits per heavy atom. The predicted molar refractivity (Wildman–Crippen MR) is 68.7 cm³/mol. The molecule has 3 heteroatoms. The summed E-state index contributed by atoms with van der Waals surface area (Å²) in [6.45, 7) is 9.85. The quantitative estimate of drug-likeness (QED) is 0.730. The Hall–Kier alpha value is 0.270. The molecule has 2 nitrogen and oxygen atoms in total. The van der Waals surface area contributed by atoms with Crippen LogP contribution in [0.25, 0.3) is 0 Å². The Bertz CT molecular complexity index is 173. The van der Waals surface area contributed by atoms with Crippen LogP contribution in [0.15, 0.2) is 0 Å². The lowest BCUT2D eigenvalue weighted by molar-refractivity contribution is -0.0598. The van der Waals surface area contributed by atoms with Crippen molar-refractivity contribution in [3.05, 3.63) is 0 Å². The van der Waals surface area contributed by atoms with E-state index in [4.69, 9.17) is 4.74 Å². The van der Waals surface area contributed by atoms with E-state index in [0.29, 0.717) is 12.1 Å². The van der Waals surface area contributed by atoms with E-state index in [0.717, 1.165) is 24.8 Å². The maximum Gasteiger partial charge on any atom is 0.0674 e. The van der Waals surface area contributed by atoms with Gasteiger partial charge in [0.05, 0.1) is 12.7 Å². The summed E-state index contributed by atoms with van der Waals surface area (Å²) in [6.07, 6.45) is 2.81. The van der Waals surface area contributed by atoms with Crippen LogP contribution in [0, 0.1) is 5.92 Å². The van der Waals surface area contributed by atoms with E-state index in [1.807, 2.05) is 0 Å². The molecule has 0 spiro atoms. The second-order valence-corrected chi connectivity index (χ2v) is 4.98. The first-order chi connectivity index (χ1) is 7.21. The number of morpholine rings is 1. The summed E-state index contributed by atoms with van der Waals surface area (Å²) < 4.78 is 5.70. The van der Waals surface area contributed by atoms with E-state index in [-0.39, 0.29) is 0 Å². The van der Waals surface area contributed by atoms with E-state index in [1.165, 1.54) is 19.4 Å². The van der Waals surface area contributed by atoms with Crippen molar-refractivity contribution in [1.29, 1.82) is 0 Å². The van der Waals surface area contributed by atoms with Gasteiger partial charge in [0.2, 0.25) is 0 Å². The fourth-order valence-corrected chi connectivity index (χ4v) is 2.53. The molecule has 0 bridgehead atoms. The second-order valence-electron chi connectivity index (χ2n) is 4.62. The third-order valence-corrected chi connectivity index (χ3v) is 3.90. The minimum Gasteiger partial charge on any atom is -0.376 e. The van der Waals surface area contributed by atoms with Gasteiger partial charge in [-0.25, -0.2) is 0 Å². The average molecular weight is 231 g/mol. The summed E-state index contributed by atoms with van der Waals surface area (Å²) in [5, 5.41) is 0. The summed E-state index contributed by atoms with van der Waals surface area (Å²) in [5.41, 5.74) is 0. The molecule has 3 atom stereocenters. The van der Waals surface area contributed by atoms with Crippen LogP contribution < -0.4 is 0 Å². The molecule has 1 aliphatic heterocycles. The topological polar surface area (TPSA) is 12.5 Å². The van der Waals surface area contributed by atoms with Crippen molar-refractivity contribution in [3.63, 3.8) is 0 Å². The van der Waals surface area contributed by atoms with Gasteiger partial charge in [-0.05, 0) is 25.0 Å². The molecule has 1 aliphatic rings. The van der Waals surface area contributed by atoms with Crippen LogP contribution in [0.4, 0.5) is 0 Å². The van der Waals surface area contributed by atoms with Crippen LogP contribution in [0.5, 0.6) is 0 Å². The van der Waals surface area contributed by atoms with E-state index >= 15 is 0 Å². The van der Waals surface area contributed by atoms with Crippen molar-refractivity contribution < 1.29 is 4.74 Å². The number of thiol groups is 1. The van der Waals surface area contributed by atoms with Crippen molar-refractivity contribution in [2.24, 2.45) is 5.92 Å². The third kappa shape index (κ3) is 3.97. The van der Waals surface area contributed by atoms with Crippen LogP contribution in [-0.4, -0.2) is 42.5 Å². The smallest absolute Gasteiger partial charge is 0.0674 e. The molecule has 0 aromatic rings. The molecule has 15 heavy (non-hydrogen) atoms. The van der Waals surface area contributed by atoms with Gasteiger partial charge in [0.15, 0.2) is 0 Å². The molecule has 0 saturated carbocycles. The molecule has 1 saturated heterocycles. The number of rotatable bonds is 5. The van der Waals surface area contributed by atoms with Crippen molar-refractivity contribution in [3.8, 4) is 0 Å². The van der Waals surface area contributed by atoms with Gasteiger partial charge in [-0.1, -0.05) is 20.3 Å². The highest BCUT2D eigenvalue weighted by atomic mass is 32.1. The fraction of sp³-hybridized carbons (Fsp3) is 1.00. The third-order valence-electron chi connectivity index (χ3n) is 3.38. The van der Waals surface area contributed by atoms with Crippen LogP contribution in [0.1, 0.15) is 33.6 Å². The lowest BCUT2D eigenvalue weighted by atomic mass is 10.0. The predicted octanol–water partition coefficient (Wildman–Crippen LogP) is 2.44. The first kappa shape index (κ1) is 13.3.